The van der Waals surface area contributed by atoms with Crippen molar-refractivity contribution in [2.75, 3.05) is 12.4 Å². The van der Waals surface area contributed by atoms with E-state index in [1.54, 1.807) is 0 Å². The van der Waals surface area contributed by atoms with E-state index in [-0.39, 0.29) is 38.8 Å². The highest BCUT2D eigenvalue weighted by molar-refractivity contribution is 7.21. The lowest BCUT2D eigenvalue weighted by Crippen LogP contribution is -2.15. The number of carbonyl (C=O) groups excluding carboxylic acids is 1. The van der Waals surface area contributed by atoms with E-state index in [9.17, 15) is 26.7 Å². The Morgan fingerprint density at radius 2 is 1.95 bits per heavy atom. The predicted octanol–water partition coefficient (Wildman–Crippen LogP) is 6.14. The Morgan fingerprint density at radius 1 is 1.15 bits per heavy atom. The largest absolute Gasteiger partial charge is 0.522 e. The van der Waals surface area contributed by atoms with Crippen LogP contribution in [0, 0.1) is 17.8 Å². The number of methoxy groups -OCH3 is 1. The lowest BCUT2D eigenvalue weighted by atomic mass is 9.96. The van der Waals surface area contributed by atoms with Gasteiger partial charge in [0.15, 0.2) is 15.6 Å². The second kappa shape index (κ2) is 11.1. The minimum atomic E-state index is -4.90. The monoisotopic (exact) mass is 575 g/mol. The van der Waals surface area contributed by atoms with Crippen molar-refractivity contribution in [1.29, 1.82) is 0 Å². The lowest BCUT2D eigenvalue weighted by molar-refractivity contribution is -0.330. The van der Waals surface area contributed by atoms with E-state index >= 15 is 0 Å². The van der Waals surface area contributed by atoms with Gasteiger partial charge < -0.3 is 4.74 Å². The van der Waals surface area contributed by atoms with Gasteiger partial charge in [-0.25, -0.2) is 18.7 Å². The molecule has 3 aromatic heterocycles. The van der Waals surface area contributed by atoms with Gasteiger partial charge in [0.1, 0.15) is 17.1 Å². The molecule has 1 fully saturated rings. The molecule has 4 aromatic rings. The van der Waals surface area contributed by atoms with E-state index in [1.807, 2.05) is 0 Å². The van der Waals surface area contributed by atoms with Crippen LogP contribution in [0.3, 0.4) is 0 Å². The second-order valence-electron chi connectivity index (χ2n) is 8.63. The number of thiazole rings is 1. The third kappa shape index (κ3) is 6.49. The normalized spacial score (nSPS) is 13.3. The molecule has 1 aliphatic rings. The van der Waals surface area contributed by atoms with Crippen LogP contribution in [0.15, 0.2) is 36.7 Å². The Balaban J connectivity index is 1.49. The zero-order valence-corrected chi connectivity index (χ0v) is 21.4. The van der Waals surface area contributed by atoms with Crippen LogP contribution in [0.25, 0.3) is 21.6 Å². The van der Waals surface area contributed by atoms with Crippen molar-refractivity contribution in [2.45, 2.75) is 32.2 Å². The molecule has 0 unspecified atom stereocenters. The molecule has 0 saturated heterocycles. The maximum atomic E-state index is 13.4. The van der Waals surface area contributed by atoms with Gasteiger partial charge in [-0.3, -0.25) is 19.8 Å². The highest BCUT2D eigenvalue weighted by atomic mass is 32.1. The van der Waals surface area contributed by atoms with Gasteiger partial charge in [-0.15, -0.1) is 13.2 Å². The van der Waals surface area contributed by atoms with E-state index in [4.69, 9.17) is 4.74 Å². The van der Waals surface area contributed by atoms with Gasteiger partial charge in [0, 0.05) is 17.0 Å². The molecule has 5 rings (SSSR count). The molecular weight excluding hydrogens is 557 g/mol. The van der Waals surface area contributed by atoms with Crippen LogP contribution < -0.4 is 10.1 Å². The molecule has 206 valence electrons. The highest BCUT2D eigenvalue weighted by Gasteiger charge is 2.29. The first kappa shape index (κ1) is 27.4. The maximum Gasteiger partial charge on any atom is 0.522 e. The number of nitrogens with zero attached hydrogens (tertiary/aromatic N) is 4. The molecule has 1 aromatic carbocycles. The van der Waals surface area contributed by atoms with Crippen molar-refractivity contribution in [1.82, 2.24) is 19.9 Å². The van der Waals surface area contributed by atoms with Gasteiger partial charge in [0.25, 0.3) is 12.3 Å². The first-order valence-corrected chi connectivity index (χ1v) is 12.5. The summed E-state index contributed by atoms with van der Waals surface area (Å²) in [6.45, 7) is -0.866. The number of aromatic nitrogens is 4. The van der Waals surface area contributed by atoms with Gasteiger partial charge >= 0.3 is 6.36 Å². The summed E-state index contributed by atoms with van der Waals surface area (Å²) in [7, 11) is 1.27. The second-order valence-corrected chi connectivity index (χ2v) is 9.60. The summed E-state index contributed by atoms with van der Waals surface area (Å²) < 4.78 is 74.0. The van der Waals surface area contributed by atoms with Crippen molar-refractivity contribution in [3.05, 3.63) is 59.2 Å². The number of anilines is 1. The minimum absolute atomic E-state index is 0.0249. The number of hydrogen-bond acceptors (Lipinski definition) is 8. The number of amides is 1. The summed E-state index contributed by atoms with van der Waals surface area (Å²) in [5.74, 6) is 5.76. The van der Waals surface area contributed by atoms with Crippen molar-refractivity contribution >= 4 is 32.9 Å². The zero-order valence-electron chi connectivity index (χ0n) is 20.6. The fourth-order valence-corrected chi connectivity index (χ4v) is 4.41. The number of benzene rings is 1. The standard InChI is InChI=1S/C26H18F5N5O3S/c1-38-20-11-32-19(21(27)28)9-18(20)17-8-14(12-39-26(29,30)31)5-7-16(17)23(37)36-25-35-22-24(40-25)34-15(10-33-22)6-4-13-2-3-13/h5,7-11,13,21H,2-3,12H2,1H3,(H,33,35,36,37). The van der Waals surface area contributed by atoms with Gasteiger partial charge in [-0.1, -0.05) is 23.3 Å². The van der Waals surface area contributed by atoms with Gasteiger partial charge in [-0.2, -0.15) is 4.98 Å². The van der Waals surface area contributed by atoms with E-state index in [0.29, 0.717) is 16.4 Å². The number of hydrogen-bond donors (Lipinski definition) is 1. The smallest absolute Gasteiger partial charge is 0.494 e. The third-order valence-electron chi connectivity index (χ3n) is 5.68. The zero-order chi connectivity index (χ0) is 28.4. The van der Waals surface area contributed by atoms with E-state index < -0.39 is 31.0 Å². The quantitative estimate of drug-likeness (QED) is 0.209. The maximum absolute atomic E-state index is 13.4. The minimum Gasteiger partial charge on any atom is -0.494 e. The lowest BCUT2D eigenvalue weighted by Gasteiger charge is -2.16. The Hall–Kier alpha value is -4.22. The fraction of sp³-hybridized carbons (Fsp3) is 0.269. The summed E-state index contributed by atoms with van der Waals surface area (Å²) >= 11 is 1.05. The summed E-state index contributed by atoms with van der Waals surface area (Å²) in [6, 6.07) is 4.77. The Kier molecular flexibility index (Phi) is 7.59. The molecular formula is C26H18F5N5O3S. The Morgan fingerprint density at radius 3 is 2.65 bits per heavy atom. The predicted molar refractivity (Wildman–Crippen MR) is 135 cm³/mol. The highest BCUT2D eigenvalue weighted by Crippen LogP contribution is 2.36. The number of ether oxygens (including phenoxy) is 2. The van der Waals surface area contributed by atoms with Crippen LogP contribution in [0.5, 0.6) is 5.75 Å². The average molecular weight is 576 g/mol. The van der Waals surface area contributed by atoms with Crippen LogP contribution >= 0.6 is 11.3 Å². The number of nitrogens with one attached hydrogen (secondary N) is 1. The number of fused-ring (bicyclic) bond motifs is 1. The molecule has 1 saturated carbocycles. The molecule has 14 heteroatoms. The third-order valence-corrected chi connectivity index (χ3v) is 6.53. The molecule has 8 nitrogen and oxygen atoms in total. The van der Waals surface area contributed by atoms with Crippen molar-refractivity contribution < 1.29 is 36.2 Å². The number of halogens is 5. The van der Waals surface area contributed by atoms with Gasteiger partial charge in [0.05, 0.1) is 26.1 Å². The SMILES string of the molecule is COc1cnc(C(F)F)cc1-c1cc(COC(F)(F)F)ccc1C(=O)Nc1nc2ncc(C#CC3CC3)nc2s1. The molecule has 0 spiro atoms. The van der Waals surface area contributed by atoms with Gasteiger partial charge in [-0.05, 0) is 48.1 Å². The van der Waals surface area contributed by atoms with Gasteiger partial charge in [0.2, 0.25) is 0 Å². The van der Waals surface area contributed by atoms with Crippen molar-refractivity contribution in [3.63, 3.8) is 0 Å². The Bertz CT molecular complexity index is 1640. The molecule has 1 N–H and O–H groups in total. The molecule has 0 bridgehead atoms. The summed E-state index contributed by atoms with van der Waals surface area (Å²) in [4.78, 5) is 30.3. The summed E-state index contributed by atoms with van der Waals surface area (Å²) in [5, 5.41) is 2.78. The van der Waals surface area contributed by atoms with Crippen molar-refractivity contribution in [3.8, 4) is 28.7 Å². The van der Waals surface area contributed by atoms with E-state index in [1.165, 1.54) is 31.5 Å². The number of pyridine rings is 1. The molecule has 1 amide bonds. The van der Waals surface area contributed by atoms with Crippen LogP contribution in [0.1, 0.15) is 46.6 Å². The molecule has 0 atom stereocenters. The number of rotatable bonds is 7. The molecule has 0 aliphatic heterocycles. The molecule has 40 heavy (non-hydrogen) atoms. The number of carbonyl (C=O) groups is 1. The molecule has 0 radical (unpaired) electrons. The topological polar surface area (TPSA) is 99.1 Å². The molecule has 1 aliphatic carbocycles. The first-order valence-electron chi connectivity index (χ1n) is 11.7. The summed E-state index contributed by atoms with van der Waals surface area (Å²) in [6.07, 6.45) is -3.18. The van der Waals surface area contributed by atoms with Crippen molar-refractivity contribution in [2.24, 2.45) is 5.92 Å². The van der Waals surface area contributed by atoms with Crippen LogP contribution in [-0.4, -0.2) is 39.3 Å². The first-order chi connectivity index (χ1) is 19.1. The fourth-order valence-electron chi connectivity index (χ4n) is 3.62. The van der Waals surface area contributed by atoms with Crippen LogP contribution in [0.2, 0.25) is 0 Å². The van der Waals surface area contributed by atoms with E-state index in [0.717, 1.165) is 36.4 Å². The number of alkyl halides is 5. The average Bonchev–Trinajstić information content (AvgIpc) is 3.67. The Labute approximate surface area is 227 Å². The summed E-state index contributed by atoms with van der Waals surface area (Å²) in [5.41, 5.74) is 0.193. The van der Waals surface area contributed by atoms with Crippen LogP contribution in [0.4, 0.5) is 27.1 Å². The van der Waals surface area contributed by atoms with Crippen LogP contribution in [-0.2, 0) is 11.3 Å². The van der Waals surface area contributed by atoms with E-state index in [2.05, 4.69) is 41.8 Å². The molecule has 3 heterocycles.